The van der Waals surface area contributed by atoms with Gasteiger partial charge in [-0.05, 0) is 55.5 Å². The number of halogens is 3. The number of alkyl halides is 3. The van der Waals surface area contributed by atoms with Crippen molar-refractivity contribution in [1.29, 1.82) is 0 Å². The van der Waals surface area contributed by atoms with Crippen molar-refractivity contribution in [3.05, 3.63) is 52.2 Å². The molecule has 1 aromatic heterocycles. The van der Waals surface area contributed by atoms with E-state index in [1.807, 2.05) is 0 Å². The molecule has 1 heterocycles. The topological polar surface area (TPSA) is 75.7 Å². The molecule has 1 atom stereocenters. The van der Waals surface area contributed by atoms with Gasteiger partial charge in [0.25, 0.3) is 0 Å². The van der Waals surface area contributed by atoms with Gasteiger partial charge < -0.3 is 10.1 Å². The molecule has 1 N–H and O–H groups in total. The summed E-state index contributed by atoms with van der Waals surface area (Å²) in [6, 6.07) is 6.45. The van der Waals surface area contributed by atoms with E-state index in [0.717, 1.165) is 43.4 Å². The van der Waals surface area contributed by atoms with Gasteiger partial charge in [-0.15, -0.1) is 11.3 Å². The smallest absolute Gasteiger partial charge is 0.462 e. The van der Waals surface area contributed by atoms with E-state index in [-0.39, 0.29) is 23.9 Å². The average molecular weight is 483 g/mol. The van der Waals surface area contributed by atoms with Crippen LogP contribution in [-0.2, 0) is 14.3 Å². The molecule has 178 valence electrons. The van der Waals surface area contributed by atoms with Crippen LogP contribution in [-0.4, -0.2) is 36.6 Å². The van der Waals surface area contributed by atoms with Crippen LogP contribution in [0.5, 0.6) is 0 Å². The zero-order chi connectivity index (χ0) is 24.0. The quantitative estimate of drug-likeness (QED) is 0.563. The minimum atomic E-state index is -5.21. The van der Waals surface area contributed by atoms with Crippen molar-refractivity contribution >= 4 is 34.8 Å². The first-order valence-corrected chi connectivity index (χ1v) is 11.6. The third-order valence-electron chi connectivity index (χ3n) is 5.39. The van der Waals surface area contributed by atoms with Crippen LogP contribution in [0.3, 0.4) is 0 Å². The Balaban J connectivity index is 2.00. The number of carbonyl (C=O) groups is 3. The van der Waals surface area contributed by atoms with Gasteiger partial charge in [-0.1, -0.05) is 25.3 Å². The van der Waals surface area contributed by atoms with E-state index in [0.29, 0.717) is 9.78 Å². The van der Waals surface area contributed by atoms with E-state index in [1.165, 1.54) is 30.3 Å². The largest absolute Gasteiger partial charge is 0.471 e. The third-order valence-corrected chi connectivity index (χ3v) is 6.31. The lowest BCUT2D eigenvalue weighted by Crippen LogP contribution is -2.50. The van der Waals surface area contributed by atoms with E-state index in [9.17, 15) is 27.6 Å². The van der Waals surface area contributed by atoms with Crippen LogP contribution < -0.4 is 10.2 Å². The van der Waals surface area contributed by atoms with Crippen molar-refractivity contribution in [2.24, 2.45) is 0 Å². The molecule has 1 fully saturated rings. The number of amides is 2. The molecule has 1 aliphatic carbocycles. The Bertz CT molecular complexity index is 955. The van der Waals surface area contributed by atoms with Gasteiger partial charge in [-0.2, -0.15) is 13.2 Å². The molecule has 1 aromatic carbocycles. The molecule has 0 bridgehead atoms. The zero-order valence-corrected chi connectivity index (χ0v) is 18.9. The van der Waals surface area contributed by atoms with Gasteiger partial charge in [-0.25, -0.2) is 4.79 Å². The Morgan fingerprint density at radius 2 is 1.79 bits per heavy atom. The van der Waals surface area contributed by atoms with Gasteiger partial charge in [0.15, 0.2) is 6.04 Å². The number of nitrogens with zero attached hydrogens (tertiary/aromatic N) is 1. The van der Waals surface area contributed by atoms with Crippen molar-refractivity contribution in [3.63, 3.8) is 0 Å². The van der Waals surface area contributed by atoms with Gasteiger partial charge >= 0.3 is 18.1 Å². The number of hydrogen-bond acceptors (Lipinski definition) is 5. The first-order valence-electron chi connectivity index (χ1n) is 10.7. The second kappa shape index (κ2) is 10.8. The highest BCUT2D eigenvalue weighted by molar-refractivity contribution is 7.10. The molecule has 0 saturated heterocycles. The monoisotopic (exact) mass is 482 g/mol. The lowest BCUT2D eigenvalue weighted by molar-refractivity contribution is -0.171. The first kappa shape index (κ1) is 24.8. The van der Waals surface area contributed by atoms with Crippen LogP contribution in [0.25, 0.3) is 0 Å². The van der Waals surface area contributed by atoms with Gasteiger partial charge in [-0.3, -0.25) is 14.5 Å². The highest BCUT2D eigenvalue weighted by atomic mass is 32.1. The van der Waals surface area contributed by atoms with Crippen LogP contribution in [0.15, 0.2) is 41.8 Å². The van der Waals surface area contributed by atoms with Gasteiger partial charge in [0, 0.05) is 16.6 Å². The van der Waals surface area contributed by atoms with E-state index in [4.69, 9.17) is 4.74 Å². The number of ether oxygens (including phenoxy) is 1. The Morgan fingerprint density at radius 3 is 2.33 bits per heavy atom. The Hall–Kier alpha value is -2.88. The summed E-state index contributed by atoms with van der Waals surface area (Å²) in [6.45, 7) is 1.77. The maximum atomic E-state index is 13.6. The van der Waals surface area contributed by atoms with Gasteiger partial charge in [0.2, 0.25) is 5.91 Å². The summed E-state index contributed by atoms with van der Waals surface area (Å²) in [4.78, 5) is 38.5. The minimum Gasteiger partial charge on any atom is -0.462 e. The van der Waals surface area contributed by atoms with Crippen LogP contribution in [0, 0.1) is 0 Å². The first-order chi connectivity index (χ1) is 15.7. The summed E-state index contributed by atoms with van der Waals surface area (Å²) in [5.74, 6) is -3.47. The molecular weight excluding hydrogens is 457 g/mol. The van der Waals surface area contributed by atoms with Crippen molar-refractivity contribution in [3.8, 4) is 0 Å². The second-order valence-corrected chi connectivity index (χ2v) is 8.68. The van der Waals surface area contributed by atoms with Crippen LogP contribution in [0.2, 0.25) is 0 Å². The van der Waals surface area contributed by atoms with Crippen LogP contribution in [0.1, 0.15) is 60.3 Å². The molecule has 1 saturated carbocycles. The summed E-state index contributed by atoms with van der Waals surface area (Å²) in [6.07, 6.45) is -0.828. The molecule has 33 heavy (non-hydrogen) atoms. The highest BCUT2D eigenvalue weighted by Gasteiger charge is 2.48. The summed E-state index contributed by atoms with van der Waals surface area (Å²) in [5.41, 5.74) is -0.0260. The Kier molecular flexibility index (Phi) is 8.12. The molecule has 2 aromatic rings. The predicted octanol–water partition coefficient (Wildman–Crippen LogP) is 5.01. The summed E-state index contributed by atoms with van der Waals surface area (Å²) < 4.78 is 45.8. The Morgan fingerprint density at radius 1 is 1.12 bits per heavy atom. The maximum absolute atomic E-state index is 13.6. The average Bonchev–Trinajstić information content (AvgIpc) is 3.31. The lowest BCUT2D eigenvalue weighted by atomic mass is 9.95. The van der Waals surface area contributed by atoms with Crippen LogP contribution in [0.4, 0.5) is 18.9 Å². The number of benzene rings is 1. The fourth-order valence-electron chi connectivity index (χ4n) is 3.84. The third kappa shape index (κ3) is 6.13. The summed E-state index contributed by atoms with van der Waals surface area (Å²) in [7, 11) is 0. The van der Waals surface area contributed by atoms with E-state index >= 15 is 0 Å². The molecule has 0 radical (unpaired) electrons. The molecule has 2 amide bonds. The fraction of sp³-hybridized carbons (Fsp3) is 0.435. The van der Waals surface area contributed by atoms with Crippen molar-refractivity contribution in [2.75, 3.05) is 11.5 Å². The number of rotatable bonds is 7. The SMILES string of the molecule is CCOC(=O)c1ccc(N(C(=O)C(F)(F)F)[C@H](C(=O)NC2CCCCC2)c2cccs2)cc1. The normalized spacial score (nSPS) is 15.5. The molecule has 3 rings (SSSR count). The van der Waals surface area contributed by atoms with Crippen LogP contribution >= 0.6 is 11.3 Å². The number of carbonyl (C=O) groups excluding carboxylic acids is 3. The molecule has 1 aliphatic rings. The number of thiophene rings is 1. The number of esters is 1. The maximum Gasteiger partial charge on any atom is 0.471 e. The number of nitrogens with one attached hydrogen (secondary N) is 1. The predicted molar refractivity (Wildman–Crippen MR) is 118 cm³/mol. The van der Waals surface area contributed by atoms with Crippen molar-refractivity contribution in [1.82, 2.24) is 5.32 Å². The fourth-order valence-corrected chi connectivity index (χ4v) is 4.65. The highest BCUT2D eigenvalue weighted by Crippen LogP contribution is 2.35. The molecule has 6 nitrogen and oxygen atoms in total. The van der Waals surface area contributed by atoms with Gasteiger partial charge in [0.1, 0.15) is 0 Å². The van der Waals surface area contributed by atoms with E-state index < -0.39 is 30.0 Å². The van der Waals surface area contributed by atoms with Crippen molar-refractivity contribution < 1.29 is 32.3 Å². The lowest BCUT2D eigenvalue weighted by Gasteiger charge is -2.33. The molecule has 0 aliphatic heterocycles. The van der Waals surface area contributed by atoms with Crippen molar-refractivity contribution in [2.45, 2.75) is 57.3 Å². The second-order valence-electron chi connectivity index (χ2n) is 7.70. The number of hydrogen-bond donors (Lipinski definition) is 1. The molecular formula is C23H25F3N2O4S. The standard InChI is InChI=1S/C23H25F3N2O4S/c1-2-32-21(30)15-10-12-17(13-11-15)28(22(31)23(24,25)26)19(18-9-6-14-33-18)20(29)27-16-7-4-3-5-8-16/h6,9-14,16,19H,2-5,7-8H2,1H3,(H,27,29)/t19-/m0/s1. The summed E-state index contributed by atoms with van der Waals surface area (Å²) in [5, 5.41) is 4.48. The zero-order valence-electron chi connectivity index (χ0n) is 18.1. The van der Waals surface area contributed by atoms with Gasteiger partial charge in [0.05, 0.1) is 12.2 Å². The molecule has 0 unspecified atom stereocenters. The van der Waals surface area contributed by atoms with E-state index in [1.54, 1.807) is 18.4 Å². The Labute approximate surface area is 193 Å². The molecule has 10 heteroatoms. The minimum absolute atomic E-state index is 0.124. The number of anilines is 1. The summed E-state index contributed by atoms with van der Waals surface area (Å²) >= 11 is 1.09. The van der Waals surface area contributed by atoms with E-state index in [2.05, 4.69) is 5.32 Å². The molecule has 0 spiro atoms.